The minimum atomic E-state index is 0.0446. The highest BCUT2D eigenvalue weighted by atomic mass is 32.2. The lowest BCUT2D eigenvalue weighted by atomic mass is 10.1. The molecule has 0 bridgehead atoms. The number of imidazole rings is 1. The fourth-order valence-corrected chi connectivity index (χ4v) is 4.42. The largest absolute Gasteiger partial charge is 0.319 e. The molecule has 1 aliphatic heterocycles. The third kappa shape index (κ3) is 3.49. The van der Waals surface area contributed by atoms with Gasteiger partial charge in [0.05, 0.1) is 16.8 Å². The maximum atomic E-state index is 12.7. The summed E-state index contributed by atoms with van der Waals surface area (Å²) in [6, 6.07) is 15.4. The van der Waals surface area contributed by atoms with Gasteiger partial charge in [-0.2, -0.15) is 0 Å². The average molecular weight is 379 g/mol. The van der Waals surface area contributed by atoms with Crippen molar-refractivity contribution in [1.29, 1.82) is 0 Å². The van der Waals surface area contributed by atoms with Crippen LogP contribution < -0.4 is 4.90 Å². The van der Waals surface area contributed by atoms with Crippen LogP contribution in [0.25, 0.3) is 11.0 Å². The zero-order chi connectivity index (χ0) is 18.8. The molecule has 2 aromatic carbocycles. The van der Waals surface area contributed by atoms with E-state index in [0.717, 1.165) is 41.4 Å². The van der Waals surface area contributed by atoms with E-state index in [2.05, 4.69) is 16.5 Å². The third-order valence-corrected chi connectivity index (χ3v) is 5.80. The summed E-state index contributed by atoms with van der Waals surface area (Å²) >= 11 is 1.46. The van der Waals surface area contributed by atoms with Crippen LogP contribution in [0, 0.1) is 0 Å². The molecule has 27 heavy (non-hydrogen) atoms. The summed E-state index contributed by atoms with van der Waals surface area (Å²) in [4.78, 5) is 31.1. The summed E-state index contributed by atoms with van der Waals surface area (Å²) < 4.78 is 2.13. The number of rotatable bonds is 6. The molecule has 138 valence electrons. The summed E-state index contributed by atoms with van der Waals surface area (Å²) in [6.07, 6.45) is 1.46. The number of nitrogens with zero attached hydrogens (tertiary/aromatic N) is 3. The Labute approximate surface area is 162 Å². The number of ketones is 1. The molecule has 1 saturated heterocycles. The van der Waals surface area contributed by atoms with Gasteiger partial charge in [0, 0.05) is 30.8 Å². The van der Waals surface area contributed by atoms with Gasteiger partial charge in [-0.05, 0) is 37.6 Å². The van der Waals surface area contributed by atoms with E-state index in [4.69, 9.17) is 0 Å². The Morgan fingerprint density at radius 2 is 2.04 bits per heavy atom. The van der Waals surface area contributed by atoms with Crippen LogP contribution in [-0.4, -0.2) is 33.5 Å². The molecule has 0 N–H and O–H groups in total. The Balaban J connectivity index is 1.51. The minimum absolute atomic E-state index is 0.0446. The Bertz CT molecular complexity index is 1010. The van der Waals surface area contributed by atoms with Gasteiger partial charge in [-0.1, -0.05) is 36.0 Å². The van der Waals surface area contributed by atoms with Gasteiger partial charge in [0.1, 0.15) is 0 Å². The monoisotopic (exact) mass is 379 g/mol. The molecule has 0 spiro atoms. The molecular formula is C21H21N3O2S. The van der Waals surface area contributed by atoms with Crippen molar-refractivity contribution in [1.82, 2.24) is 9.55 Å². The molecule has 5 nitrogen and oxygen atoms in total. The van der Waals surface area contributed by atoms with Crippen LogP contribution in [0.3, 0.4) is 0 Å². The number of carbonyl (C=O) groups is 2. The van der Waals surface area contributed by atoms with Gasteiger partial charge in [-0.25, -0.2) is 4.98 Å². The molecule has 1 fully saturated rings. The molecule has 0 atom stereocenters. The maximum Gasteiger partial charge on any atom is 0.227 e. The quantitative estimate of drug-likeness (QED) is 0.477. The molecule has 4 rings (SSSR count). The van der Waals surface area contributed by atoms with E-state index in [-0.39, 0.29) is 11.7 Å². The molecule has 0 unspecified atom stereocenters. The fourth-order valence-electron chi connectivity index (χ4n) is 3.45. The summed E-state index contributed by atoms with van der Waals surface area (Å²) in [5.41, 5.74) is 3.49. The Hall–Kier alpha value is -2.60. The second kappa shape index (κ2) is 7.56. The lowest BCUT2D eigenvalue weighted by Gasteiger charge is -2.16. The molecule has 1 amide bonds. The number of anilines is 1. The van der Waals surface area contributed by atoms with E-state index < -0.39 is 0 Å². The van der Waals surface area contributed by atoms with Crippen molar-refractivity contribution in [2.75, 3.05) is 17.2 Å². The van der Waals surface area contributed by atoms with Crippen LogP contribution in [0.1, 0.15) is 30.1 Å². The molecule has 1 aromatic heterocycles. The van der Waals surface area contributed by atoms with Crippen LogP contribution in [0.2, 0.25) is 0 Å². The molecule has 0 radical (unpaired) electrons. The van der Waals surface area contributed by atoms with E-state index in [1.54, 1.807) is 4.90 Å². The molecule has 0 saturated carbocycles. The van der Waals surface area contributed by atoms with Crippen LogP contribution in [0.15, 0.2) is 53.7 Å². The molecular weight excluding hydrogens is 358 g/mol. The van der Waals surface area contributed by atoms with Crippen molar-refractivity contribution >= 4 is 40.2 Å². The number of fused-ring (bicyclic) bond motifs is 1. The number of Topliss-reactive ketones (excluding diaryl/α,β-unsaturated/α-hetero) is 1. The Morgan fingerprint density at radius 3 is 2.81 bits per heavy atom. The number of para-hydroxylation sites is 2. The van der Waals surface area contributed by atoms with Gasteiger partial charge < -0.3 is 9.47 Å². The number of hydrogen-bond acceptors (Lipinski definition) is 4. The average Bonchev–Trinajstić information content (AvgIpc) is 3.28. The van der Waals surface area contributed by atoms with Gasteiger partial charge in [0.25, 0.3) is 0 Å². The number of aryl methyl sites for hydroxylation is 1. The van der Waals surface area contributed by atoms with Crippen LogP contribution in [-0.2, 0) is 11.3 Å². The number of aromatic nitrogens is 2. The van der Waals surface area contributed by atoms with E-state index in [1.165, 1.54) is 11.8 Å². The number of benzene rings is 2. The first kappa shape index (κ1) is 17.8. The first-order valence-electron chi connectivity index (χ1n) is 9.19. The van der Waals surface area contributed by atoms with E-state index in [0.29, 0.717) is 17.7 Å². The van der Waals surface area contributed by atoms with Gasteiger partial charge in [-0.3, -0.25) is 9.59 Å². The molecule has 6 heteroatoms. The predicted molar refractivity (Wildman–Crippen MR) is 108 cm³/mol. The number of hydrogen-bond donors (Lipinski definition) is 0. The summed E-state index contributed by atoms with van der Waals surface area (Å²) in [5, 5.41) is 0.859. The van der Waals surface area contributed by atoms with Crippen molar-refractivity contribution in [3.05, 3.63) is 54.1 Å². The molecule has 1 aliphatic rings. The molecule has 3 aromatic rings. The highest BCUT2D eigenvalue weighted by molar-refractivity contribution is 7.99. The first-order valence-corrected chi connectivity index (χ1v) is 10.2. The fraction of sp³-hybridized carbons (Fsp3) is 0.286. The van der Waals surface area contributed by atoms with Crippen LogP contribution in [0.5, 0.6) is 0 Å². The van der Waals surface area contributed by atoms with Crippen molar-refractivity contribution in [3.8, 4) is 0 Å². The van der Waals surface area contributed by atoms with E-state index in [9.17, 15) is 9.59 Å². The summed E-state index contributed by atoms with van der Waals surface area (Å²) in [5.74, 6) is 0.495. The number of amides is 1. The second-order valence-corrected chi connectivity index (χ2v) is 7.48. The maximum absolute atomic E-state index is 12.7. The lowest BCUT2D eigenvalue weighted by molar-refractivity contribution is -0.117. The van der Waals surface area contributed by atoms with Crippen LogP contribution in [0.4, 0.5) is 5.69 Å². The topological polar surface area (TPSA) is 55.2 Å². The van der Waals surface area contributed by atoms with Crippen molar-refractivity contribution in [2.24, 2.45) is 0 Å². The van der Waals surface area contributed by atoms with Crippen LogP contribution >= 0.6 is 11.8 Å². The predicted octanol–water partition coefficient (Wildman–Crippen LogP) is 4.16. The normalized spacial score (nSPS) is 14.3. The Morgan fingerprint density at radius 1 is 1.19 bits per heavy atom. The first-order chi connectivity index (χ1) is 13.2. The summed E-state index contributed by atoms with van der Waals surface area (Å²) in [7, 11) is 0. The van der Waals surface area contributed by atoms with Crippen molar-refractivity contribution in [3.63, 3.8) is 0 Å². The highest BCUT2D eigenvalue weighted by Crippen LogP contribution is 2.26. The number of carbonyl (C=O) groups excluding carboxylic acids is 2. The van der Waals surface area contributed by atoms with E-state index >= 15 is 0 Å². The van der Waals surface area contributed by atoms with Gasteiger partial charge in [0.15, 0.2) is 10.9 Å². The SMILES string of the molecule is CCn1c(SCC(=O)c2cccc(N3CCCC3=O)c2)nc2ccccc21. The number of thioether (sulfide) groups is 1. The zero-order valence-corrected chi connectivity index (χ0v) is 16.0. The van der Waals surface area contributed by atoms with Gasteiger partial charge >= 0.3 is 0 Å². The van der Waals surface area contributed by atoms with Crippen molar-refractivity contribution < 1.29 is 9.59 Å². The second-order valence-electron chi connectivity index (χ2n) is 6.54. The lowest BCUT2D eigenvalue weighted by Crippen LogP contribution is -2.23. The van der Waals surface area contributed by atoms with Gasteiger partial charge in [0.2, 0.25) is 5.91 Å². The third-order valence-electron chi connectivity index (χ3n) is 4.82. The Kier molecular flexibility index (Phi) is 4.99. The minimum Gasteiger partial charge on any atom is -0.319 e. The van der Waals surface area contributed by atoms with Gasteiger partial charge in [-0.15, -0.1) is 0 Å². The van der Waals surface area contributed by atoms with Crippen molar-refractivity contribution in [2.45, 2.75) is 31.5 Å². The highest BCUT2D eigenvalue weighted by Gasteiger charge is 2.22. The zero-order valence-electron chi connectivity index (χ0n) is 15.2. The smallest absolute Gasteiger partial charge is 0.227 e. The molecule has 0 aliphatic carbocycles. The summed E-state index contributed by atoms with van der Waals surface area (Å²) in [6.45, 7) is 3.62. The van der Waals surface area contributed by atoms with E-state index in [1.807, 2.05) is 48.5 Å². The standard InChI is InChI=1S/C21H21N3O2S/c1-2-23-18-10-4-3-9-17(18)22-21(23)27-14-19(25)15-7-5-8-16(13-15)24-12-6-11-20(24)26/h3-5,7-10,13H,2,6,11-12,14H2,1H3. The molecule has 2 heterocycles.